The monoisotopic (exact) mass is 358 g/mol. The number of pyridine rings is 1. The summed E-state index contributed by atoms with van der Waals surface area (Å²) in [5.41, 5.74) is 0.752. The molecule has 0 radical (unpaired) electrons. The van der Waals surface area contributed by atoms with Crippen molar-refractivity contribution in [2.75, 3.05) is 31.6 Å². The third-order valence-electron chi connectivity index (χ3n) is 6.36. The van der Waals surface area contributed by atoms with Crippen molar-refractivity contribution in [3.8, 4) is 5.75 Å². The van der Waals surface area contributed by atoms with E-state index >= 15 is 0 Å². The summed E-state index contributed by atoms with van der Waals surface area (Å²) in [6.07, 6.45) is 7.42. The molecule has 5 rings (SSSR count). The minimum absolute atomic E-state index is 0.00506. The van der Waals surface area contributed by atoms with E-state index in [0.717, 1.165) is 57.4 Å². The van der Waals surface area contributed by atoms with Crippen LogP contribution in [0.4, 0.5) is 5.82 Å². The van der Waals surface area contributed by atoms with Gasteiger partial charge in [0.15, 0.2) is 11.6 Å². The van der Waals surface area contributed by atoms with E-state index in [0.29, 0.717) is 24.5 Å². The molecule has 1 saturated carbocycles. The fraction of sp³-hybridized carbons (Fsp3) is 0.684. The Morgan fingerprint density at radius 2 is 2.19 bits per heavy atom. The predicted molar refractivity (Wildman–Crippen MR) is 96.2 cm³/mol. The van der Waals surface area contributed by atoms with Crippen molar-refractivity contribution in [1.29, 1.82) is 0 Å². The number of nitrogens with zero attached hydrogens (tertiary/aromatic N) is 3. The standard InChI is InChI=1S/C19H26N4O3/c24-16-2-1-7-23(16)14-3-8-22(12-14)18(25)13-10-15-17(20-11-13)21-19(4-5-19)6-9-26-15/h10-11,14,16,24H,1-9,12H2,(H,20,21)/t14-,16?/m0/s1. The van der Waals surface area contributed by atoms with Gasteiger partial charge in [-0.15, -0.1) is 0 Å². The molecule has 0 aromatic carbocycles. The van der Waals surface area contributed by atoms with Crippen molar-refractivity contribution in [2.24, 2.45) is 0 Å². The van der Waals surface area contributed by atoms with Gasteiger partial charge in [0.1, 0.15) is 6.23 Å². The summed E-state index contributed by atoms with van der Waals surface area (Å²) in [4.78, 5) is 21.4. The number of aromatic nitrogens is 1. The molecule has 1 spiro atoms. The van der Waals surface area contributed by atoms with Crippen LogP contribution in [0, 0.1) is 0 Å². The van der Waals surface area contributed by atoms with Crippen LogP contribution in [-0.2, 0) is 0 Å². The fourth-order valence-electron chi connectivity index (χ4n) is 4.54. The summed E-state index contributed by atoms with van der Waals surface area (Å²) in [5, 5.41) is 13.6. The van der Waals surface area contributed by atoms with Gasteiger partial charge >= 0.3 is 0 Å². The normalized spacial score (nSPS) is 29.8. The van der Waals surface area contributed by atoms with Crippen LogP contribution in [0.2, 0.25) is 0 Å². The Bertz CT molecular complexity index is 721. The zero-order valence-corrected chi connectivity index (χ0v) is 15.0. The highest BCUT2D eigenvalue weighted by molar-refractivity contribution is 5.95. The predicted octanol–water partition coefficient (Wildman–Crippen LogP) is 1.44. The van der Waals surface area contributed by atoms with E-state index in [2.05, 4.69) is 15.2 Å². The maximum Gasteiger partial charge on any atom is 0.255 e. The van der Waals surface area contributed by atoms with E-state index in [4.69, 9.17) is 4.74 Å². The van der Waals surface area contributed by atoms with E-state index in [1.165, 1.54) is 0 Å². The van der Waals surface area contributed by atoms with Crippen molar-refractivity contribution in [3.05, 3.63) is 17.8 Å². The van der Waals surface area contributed by atoms with Crippen molar-refractivity contribution in [2.45, 2.75) is 56.3 Å². The quantitative estimate of drug-likeness (QED) is 0.833. The Labute approximate surface area is 153 Å². The number of ether oxygens (including phenoxy) is 1. The third kappa shape index (κ3) is 2.83. The molecule has 1 unspecified atom stereocenters. The molecule has 7 heteroatoms. The highest BCUT2D eigenvalue weighted by atomic mass is 16.5. The minimum Gasteiger partial charge on any atom is -0.490 e. The Morgan fingerprint density at radius 3 is 2.96 bits per heavy atom. The lowest BCUT2D eigenvalue weighted by atomic mass is 10.2. The SMILES string of the molecule is O=C(c1cnc2c(c1)OCCC1(CC1)N2)N1CC[C@H](N2CCCC2O)C1. The highest BCUT2D eigenvalue weighted by Gasteiger charge is 2.44. The number of rotatable bonds is 2. The van der Waals surface area contributed by atoms with Gasteiger partial charge in [-0.2, -0.15) is 0 Å². The number of aliphatic hydroxyl groups excluding tert-OH is 1. The van der Waals surface area contributed by atoms with Crippen molar-refractivity contribution >= 4 is 11.7 Å². The molecule has 26 heavy (non-hydrogen) atoms. The molecular weight excluding hydrogens is 332 g/mol. The smallest absolute Gasteiger partial charge is 0.255 e. The molecule has 4 heterocycles. The number of aliphatic hydroxyl groups is 1. The first-order valence-electron chi connectivity index (χ1n) is 9.78. The molecular formula is C19H26N4O3. The largest absolute Gasteiger partial charge is 0.490 e. The molecule has 2 atom stereocenters. The molecule has 1 amide bonds. The maximum absolute atomic E-state index is 12.9. The van der Waals surface area contributed by atoms with E-state index < -0.39 is 0 Å². The second-order valence-corrected chi connectivity index (χ2v) is 8.13. The third-order valence-corrected chi connectivity index (χ3v) is 6.36. The van der Waals surface area contributed by atoms with E-state index in [1.54, 1.807) is 6.20 Å². The summed E-state index contributed by atoms with van der Waals surface area (Å²) >= 11 is 0. The van der Waals surface area contributed by atoms with Gasteiger partial charge in [-0.1, -0.05) is 0 Å². The van der Waals surface area contributed by atoms with Crippen molar-refractivity contribution in [1.82, 2.24) is 14.8 Å². The molecule has 3 aliphatic heterocycles. The lowest BCUT2D eigenvalue weighted by molar-refractivity contribution is 0.0109. The molecule has 3 fully saturated rings. The van der Waals surface area contributed by atoms with E-state index in [-0.39, 0.29) is 23.7 Å². The van der Waals surface area contributed by atoms with Gasteiger partial charge in [0.05, 0.1) is 12.2 Å². The average Bonchev–Trinajstić information content (AvgIpc) is 3.06. The Kier molecular flexibility index (Phi) is 3.83. The average molecular weight is 358 g/mol. The van der Waals surface area contributed by atoms with Crippen LogP contribution >= 0.6 is 0 Å². The van der Waals surface area contributed by atoms with Gasteiger partial charge in [-0.25, -0.2) is 4.98 Å². The zero-order chi connectivity index (χ0) is 17.7. The summed E-state index contributed by atoms with van der Waals surface area (Å²) in [5.74, 6) is 1.45. The Balaban J connectivity index is 1.29. The van der Waals surface area contributed by atoms with Crippen LogP contribution in [0.15, 0.2) is 12.3 Å². The number of nitrogens with one attached hydrogen (secondary N) is 1. The fourth-order valence-corrected chi connectivity index (χ4v) is 4.54. The number of fused-ring (bicyclic) bond motifs is 1. The molecule has 0 bridgehead atoms. The first-order chi connectivity index (χ1) is 12.6. The molecule has 2 N–H and O–H groups in total. The Hall–Kier alpha value is -1.86. The van der Waals surface area contributed by atoms with Gasteiger partial charge < -0.3 is 20.1 Å². The second kappa shape index (κ2) is 6.09. The van der Waals surface area contributed by atoms with Gasteiger partial charge in [-0.05, 0) is 38.2 Å². The summed E-state index contributed by atoms with van der Waals surface area (Å²) in [7, 11) is 0. The summed E-state index contributed by atoms with van der Waals surface area (Å²) in [6.45, 7) is 2.99. The van der Waals surface area contributed by atoms with Gasteiger partial charge in [0.2, 0.25) is 0 Å². The molecule has 1 aromatic rings. The summed E-state index contributed by atoms with van der Waals surface area (Å²) in [6, 6.07) is 2.09. The minimum atomic E-state index is -0.349. The van der Waals surface area contributed by atoms with Crippen LogP contribution < -0.4 is 10.1 Å². The highest BCUT2D eigenvalue weighted by Crippen LogP contribution is 2.45. The molecule has 1 aromatic heterocycles. The number of carbonyl (C=O) groups excluding carboxylic acids is 1. The number of anilines is 1. The topological polar surface area (TPSA) is 77.9 Å². The second-order valence-electron chi connectivity index (χ2n) is 8.13. The first-order valence-corrected chi connectivity index (χ1v) is 9.78. The number of hydrogen-bond acceptors (Lipinski definition) is 6. The van der Waals surface area contributed by atoms with Crippen LogP contribution in [0.3, 0.4) is 0 Å². The number of amides is 1. The van der Waals surface area contributed by atoms with Gasteiger partial charge in [0, 0.05) is 43.8 Å². The number of likely N-dealkylation sites (tertiary alicyclic amines) is 2. The van der Waals surface area contributed by atoms with Crippen LogP contribution in [0.1, 0.15) is 48.9 Å². The van der Waals surface area contributed by atoms with Crippen LogP contribution in [-0.4, -0.2) is 69.8 Å². The van der Waals surface area contributed by atoms with Crippen molar-refractivity contribution < 1.29 is 14.6 Å². The molecule has 7 nitrogen and oxygen atoms in total. The van der Waals surface area contributed by atoms with Crippen LogP contribution in [0.25, 0.3) is 0 Å². The zero-order valence-electron chi connectivity index (χ0n) is 15.0. The van der Waals surface area contributed by atoms with E-state index in [1.807, 2.05) is 11.0 Å². The van der Waals surface area contributed by atoms with Crippen molar-refractivity contribution in [3.63, 3.8) is 0 Å². The van der Waals surface area contributed by atoms with E-state index in [9.17, 15) is 9.90 Å². The molecule has 140 valence electrons. The maximum atomic E-state index is 12.9. The van der Waals surface area contributed by atoms with Gasteiger partial charge in [0.25, 0.3) is 5.91 Å². The molecule has 4 aliphatic rings. The van der Waals surface area contributed by atoms with Crippen LogP contribution in [0.5, 0.6) is 5.75 Å². The van der Waals surface area contributed by atoms with Gasteiger partial charge in [-0.3, -0.25) is 9.69 Å². The number of carbonyl (C=O) groups is 1. The summed E-state index contributed by atoms with van der Waals surface area (Å²) < 4.78 is 5.86. The first kappa shape index (κ1) is 16.3. The molecule has 1 aliphatic carbocycles. The Morgan fingerprint density at radius 1 is 1.31 bits per heavy atom. The lowest BCUT2D eigenvalue weighted by Crippen LogP contribution is -2.41. The number of hydrogen-bond donors (Lipinski definition) is 2. The lowest BCUT2D eigenvalue weighted by Gasteiger charge is -2.27. The molecule has 2 saturated heterocycles.